The van der Waals surface area contributed by atoms with Crippen LogP contribution in [0.3, 0.4) is 0 Å². The zero-order valence-electron chi connectivity index (χ0n) is 21.6. The minimum Gasteiger partial charge on any atom is -0.493 e. The fourth-order valence-electron chi connectivity index (χ4n) is 4.69. The van der Waals surface area contributed by atoms with Crippen molar-refractivity contribution in [3.63, 3.8) is 0 Å². The van der Waals surface area contributed by atoms with Gasteiger partial charge in [0, 0.05) is 38.1 Å². The number of benzene rings is 1. The molecule has 1 saturated heterocycles. The highest BCUT2D eigenvalue weighted by Gasteiger charge is 2.41. The van der Waals surface area contributed by atoms with Crippen LogP contribution in [0, 0.1) is 3.57 Å². The highest BCUT2D eigenvalue weighted by molar-refractivity contribution is 14.1. The number of halogens is 1. The molecule has 38 heavy (non-hydrogen) atoms. The minimum atomic E-state index is -1.16. The van der Waals surface area contributed by atoms with Crippen molar-refractivity contribution in [1.82, 2.24) is 10.2 Å². The lowest BCUT2D eigenvalue weighted by Crippen LogP contribution is -2.56. The van der Waals surface area contributed by atoms with Gasteiger partial charge < -0.3 is 39.7 Å². The molecule has 0 radical (unpaired) electrons. The molecule has 1 aliphatic carbocycles. The highest BCUT2D eigenvalue weighted by atomic mass is 127. The third kappa shape index (κ3) is 7.69. The van der Waals surface area contributed by atoms with E-state index in [1.54, 1.807) is 29.2 Å². The summed E-state index contributed by atoms with van der Waals surface area (Å²) in [4.78, 5) is 27.9. The maximum Gasteiger partial charge on any atom is 0.247 e. The Balaban J connectivity index is 1.98. The van der Waals surface area contributed by atoms with Crippen LogP contribution in [-0.2, 0) is 20.9 Å². The Morgan fingerprint density at radius 2 is 2.13 bits per heavy atom. The van der Waals surface area contributed by atoms with Crippen LogP contribution in [0.5, 0.6) is 11.5 Å². The van der Waals surface area contributed by atoms with Crippen molar-refractivity contribution in [2.75, 3.05) is 33.4 Å². The third-order valence-electron chi connectivity index (χ3n) is 6.65. The molecule has 3 rings (SSSR count). The molecule has 1 aliphatic heterocycles. The van der Waals surface area contributed by atoms with Crippen molar-refractivity contribution in [3.8, 4) is 11.5 Å². The maximum absolute atomic E-state index is 13.3. The molecular weight excluding hydrogens is 607 g/mol. The van der Waals surface area contributed by atoms with E-state index in [9.17, 15) is 24.9 Å². The SMILES string of the molecule is C=CCCC(=O)N(CC1CCCO1)C1CC(C(=O)NCCO)=CC(Oc2c(I)cc(CO)cc2OC)C1O. The summed E-state index contributed by atoms with van der Waals surface area (Å²) < 4.78 is 18.2. The summed E-state index contributed by atoms with van der Waals surface area (Å²) in [5, 5.41) is 33.0. The van der Waals surface area contributed by atoms with E-state index in [-0.39, 0.29) is 44.6 Å². The van der Waals surface area contributed by atoms with Crippen molar-refractivity contribution >= 4 is 34.4 Å². The normalized spacial score (nSPS) is 22.9. The van der Waals surface area contributed by atoms with Gasteiger partial charge in [0.1, 0.15) is 12.2 Å². The Labute approximate surface area is 236 Å². The molecule has 4 unspecified atom stereocenters. The van der Waals surface area contributed by atoms with Gasteiger partial charge in [-0.05, 0) is 65.6 Å². The van der Waals surface area contributed by atoms with Gasteiger partial charge in [-0.2, -0.15) is 0 Å². The first-order valence-electron chi connectivity index (χ1n) is 12.8. The van der Waals surface area contributed by atoms with Crippen LogP contribution < -0.4 is 14.8 Å². The van der Waals surface area contributed by atoms with E-state index in [4.69, 9.17) is 14.2 Å². The molecule has 11 heteroatoms. The van der Waals surface area contributed by atoms with Gasteiger partial charge in [0.2, 0.25) is 11.8 Å². The summed E-state index contributed by atoms with van der Waals surface area (Å²) in [5.74, 6) is 0.148. The summed E-state index contributed by atoms with van der Waals surface area (Å²) in [5.41, 5.74) is 0.976. The molecule has 0 bridgehead atoms. The van der Waals surface area contributed by atoms with Crippen LogP contribution in [0.1, 0.15) is 37.7 Å². The number of aliphatic hydroxyl groups excluding tert-OH is 3. The number of rotatable bonds is 13. The van der Waals surface area contributed by atoms with E-state index >= 15 is 0 Å². The molecule has 210 valence electrons. The number of carbonyl (C=O) groups is 2. The number of methoxy groups -OCH3 is 1. The molecule has 0 spiro atoms. The highest BCUT2D eigenvalue weighted by Crippen LogP contribution is 2.37. The fraction of sp³-hybridized carbons (Fsp3) is 0.556. The molecular formula is C27H37IN2O8. The van der Waals surface area contributed by atoms with Gasteiger partial charge in [-0.1, -0.05) is 6.08 Å². The standard InChI is InChI=1S/C27H37IN2O8/c1-3-4-7-24(33)30(15-19-6-5-10-37-19)21-13-18(27(35)29-8-9-31)14-22(25(21)34)38-26-20(28)11-17(16-32)12-23(26)36-2/h3,11-12,14,19,21-22,25,31-32,34H,1,4-10,13,15-16H2,2H3,(H,29,35). The van der Waals surface area contributed by atoms with Gasteiger partial charge in [0.15, 0.2) is 11.5 Å². The second-order valence-corrected chi connectivity index (χ2v) is 10.5. The van der Waals surface area contributed by atoms with Crippen molar-refractivity contribution in [2.24, 2.45) is 0 Å². The predicted octanol–water partition coefficient (Wildman–Crippen LogP) is 1.68. The zero-order chi connectivity index (χ0) is 27.7. The summed E-state index contributed by atoms with van der Waals surface area (Å²) >= 11 is 2.06. The monoisotopic (exact) mass is 644 g/mol. The molecule has 1 heterocycles. The number of hydrogen-bond donors (Lipinski definition) is 4. The molecule has 4 atom stereocenters. The summed E-state index contributed by atoms with van der Waals surface area (Å²) in [6.07, 6.45) is 3.45. The number of nitrogens with zero attached hydrogens (tertiary/aromatic N) is 1. The lowest BCUT2D eigenvalue weighted by molar-refractivity contribution is -0.140. The lowest BCUT2D eigenvalue weighted by Gasteiger charge is -2.41. The molecule has 1 aromatic carbocycles. The van der Waals surface area contributed by atoms with Crippen LogP contribution in [0.25, 0.3) is 0 Å². The van der Waals surface area contributed by atoms with Gasteiger partial charge in [0.05, 0.1) is 36.0 Å². The second kappa shape index (κ2) is 14.8. The minimum absolute atomic E-state index is 0.0706. The van der Waals surface area contributed by atoms with Crippen LogP contribution in [0.15, 0.2) is 36.4 Å². The summed E-state index contributed by atoms with van der Waals surface area (Å²) in [6.45, 7) is 4.29. The van der Waals surface area contributed by atoms with E-state index in [2.05, 4.69) is 34.5 Å². The molecule has 1 aromatic rings. The van der Waals surface area contributed by atoms with Gasteiger partial charge in [-0.15, -0.1) is 6.58 Å². The van der Waals surface area contributed by atoms with Crippen LogP contribution >= 0.6 is 22.6 Å². The van der Waals surface area contributed by atoms with E-state index in [1.807, 2.05) is 0 Å². The van der Waals surface area contributed by atoms with Crippen molar-refractivity contribution in [3.05, 3.63) is 45.6 Å². The first-order valence-corrected chi connectivity index (χ1v) is 13.8. The Morgan fingerprint density at radius 3 is 2.76 bits per heavy atom. The van der Waals surface area contributed by atoms with E-state index in [0.717, 1.165) is 12.8 Å². The first-order chi connectivity index (χ1) is 18.3. The molecule has 0 saturated carbocycles. The Hall–Kier alpha value is -2.19. The quantitative estimate of drug-likeness (QED) is 0.188. The maximum atomic E-state index is 13.3. The molecule has 4 N–H and O–H groups in total. The largest absolute Gasteiger partial charge is 0.493 e. The van der Waals surface area contributed by atoms with Crippen molar-refractivity contribution in [2.45, 2.75) is 63.1 Å². The van der Waals surface area contributed by atoms with Crippen molar-refractivity contribution < 1.29 is 39.1 Å². The Morgan fingerprint density at radius 1 is 1.34 bits per heavy atom. The van der Waals surface area contributed by atoms with Crippen LogP contribution in [0.2, 0.25) is 0 Å². The van der Waals surface area contributed by atoms with Gasteiger partial charge >= 0.3 is 0 Å². The Kier molecular flexibility index (Phi) is 11.8. The van der Waals surface area contributed by atoms with Gasteiger partial charge in [0.25, 0.3) is 0 Å². The first kappa shape index (κ1) is 30.4. The number of ether oxygens (including phenoxy) is 3. The number of aliphatic hydroxyl groups is 3. The molecule has 10 nitrogen and oxygen atoms in total. The second-order valence-electron chi connectivity index (χ2n) is 9.29. The number of carbonyl (C=O) groups excluding carboxylic acids is 2. The number of hydrogen-bond acceptors (Lipinski definition) is 8. The molecule has 2 amide bonds. The average Bonchev–Trinajstić information content (AvgIpc) is 3.44. The van der Waals surface area contributed by atoms with Gasteiger partial charge in [-0.3, -0.25) is 9.59 Å². The average molecular weight is 645 g/mol. The predicted molar refractivity (Wildman–Crippen MR) is 149 cm³/mol. The number of allylic oxidation sites excluding steroid dienone is 1. The van der Waals surface area contributed by atoms with E-state index in [0.29, 0.717) is 45.8 Å². The van der Waals surface area contributed by atoms with Crippen LogP contribution in [0.4, 0.5) is 0 Å². The number of nitrogens with one attached hydrogen (secondary N) is 1. The van der Waals surface area contributed by atoms with E-state index in [1.165, 1.54) is 7.11 Å². The van der Waals surface area contributed by atoms with Gasteiger partial charge in [-0.25, -0.2) is 0 Å². The molecule has 2 aliphatic rings. The smallest absolute Gasteiger partial charge is 0.247 e. The van der Waals surface area contributed by atoms with Crippen LogP contribution in [-0.4, -0.2) is 89.8 Å². The van der Waals surface area contributed by atoms with E-state index < -0.39 is 24.2 Å². The lowest BCUT2D eigenvalue weighted by atomic mass is 9.87. The summed E-state index contributed by atoms with van der Waals surface area (Å²) in [7, 11) is 1.48. The number of amides is 2. The van der Waals surface area contributed by atoms with Crippen molar-refractivity contribution in [1.29, 1.82) is 0 Å². The molecule has 0 aromatic heterocycles. The molecule has 1 fully saturated rings. The Bertz CT molecular complexity index is 1010. The fourth-order valence-corrected chi connectivity index (χ4v) is 5.49. The summed E-state index contributed by atoms with van der Waals surface area (Å²) in [6, 6.07) is 2.64. The zero-order valence-corrected chi connectivity index (χ0v) is 23.8. The third-order valence-corrected chi connectivity index (χ3v) is 7.45. The topological polar surface area (TPSA) is 138 Å².